The van der Waals surface area contributed by atoms with Gasteiger partial charge in [0.05, 0.1) is 10.9 Å². The fourth-order valence-electron chi connectivity index (χ4n) is 3.63. The molecule has 1 aliphatic rings. The molecule has 0 bridgehead atoms. The lowest BCUT2D eigenvalue weighted by molar-refractivity contribution is -0.132. The number of nitrogens with zero attached hydrogens (tertiary/aromatic N) is 2. The molecule has 1 unspecified atom stereocenters. The minimum absolute atomic E-state index is 0.0417. The molecule has 0 spiro atoms. The van der Waals surface area contributed by atoms with Crippen molar-refractivity contribution in [1.29, 1.82) is 0 Å². The Bertz CT molecular complexity index is 966. The summed E-state index contributed by atoms with van der Waals surface area (Å²) in [5.74, 6) is -0.442. The average Bonchev–Trinajstić information content (AvgIpc) is 3.18. The SMILES string of the molecule is CN(CCCC(=O)N1CCCC1c1cccc(Br)c1)S(=O)(=O)c1ccc(F)cc1. The summed E-state index contributed by atoms with van der Waals surface area (Å²) in [5.41, 5.74) is 1.11. The van der Waals surface area contributed by atoms with Gasteiger partial charge in [-0.15, -0.1) is 0 Å². The Morgan fingerprint density at radius 1 is 1.24 bits per heavy atom. The van der Waals surface area contributed by atoms with Crippen LogP contribution in [0.25, 0.3) is 0 Å². The minimum Gasteiger partial charge on any atom is -0.336 e. The van der Waals surface area contributed by atoms with Gasteiger partial charge in [0.2, 0.25) is 15.9 Å². The fourth-order valence-corrected chi connectivity index (χ4v) is 5.26. The number of hydrogen-bond donors (Lipinski definition) is 0. The topological polar surface area (TPSA) is 57.7 Å². The van der Waals surface area contributed by atoms with Crippen molar-refractivity contribution < 1.29 is 17.6 Å². The molecule has 29 heavy (non-hydrogen) atoms. The van der Waals surface area contributed by atoms with Crippen molar-refractivity contribution in [3.63, 3.8) is 0 Å². The summed E-state index contributed by atoms with van der Waals surface area (Å²) >= 11 is 3.48. The van der Waals surface area contributed by atoms with Crippen molar-refractivity contribution in [3.05, 3.63) is 64.4 Å². The standard InChI is InChI=1S/C21H24BrFN2O3S/c1-24(29(27,28)19-11-9-18(23)10-12-19)13-4-8-21(26)25-14-3-7-20(25)16-5-2-6-17(22)15-16/h2,5-6,9-12,15,20H,3-4,7-8,13-14H2,1H3. The predicted octanol–water partition coefficient (Wildman–Crippen LogP) is 4.35. The molecule has 2 aromatic rings. The maximum absolute atomic E-state index is 13.0. The van der Waals surface area contributed by atoms with Gasteiger partial charge in [-0.1, -0.05) is 28.1 Å². The molecule has 8 heteroatoms. The molecule has 1 atom stereocenters. The van der Waals surface area contributed by atoms with E-state index in [1.807, 2.05) is 29.2 Å². The van der Waals surface area contributed by atoms with Gasteiger partial charge in [-0.2, -0.15) is 0 Å². The van der Waals surface area contributed by atoms with Gasteiger partial charge < -0.3 is 4.90 Å². The van der Waals surface area contributed by atoms with Crippen LogP contribution in [0.4, 0.5) is 4.39 Å². The molecular weight excluding hydrogens is 459 g/mol. The van der Waals surface area contributed by atoms with E-state index in [4.69, 9.17) is 0 Å². The summed E-state index contributed by atoms with van der Waals surface area (Å²) in [7, 11) is -2.22. The zero-order valence-corrected chi connectivity index (χ0v) is 18.6. The largest absolute Gasteiger partial charge is 0.336 e. The number of amides is 1. The highest BCUT2D eigenvalue weighted by atomic mass is 79.9. The van der Waals surface area contributed by atoms with Crippen LogP contribution in [-0.2, 0) is 14.8 Å². The molecule has 3 rings (SSSR count). The number of hydrogen-bond acceptors (Lipinski definition) is 3. The second-order valence-electron chi connectivity index (χ2n) is 7.18. The van der Waals surface area contributed by atoms with Crippen LogP contribution in [0.15, 0.2) is 57.9 Å². The van der Waals surface area contributed by atoms with Gasteiger partial charge in [0, 0.05) is 31.0 Å². The monoisotopic (exact) mass is 482 g/mol. The third-order valence-electron chi connectivity index (χ3n) is 5.19. The maximum Gasteiger partial charge on any atom is 0.242 e. The summed E-state index contributed by atoms with van der Waals surface area (Å²) in [6.45, 7) is 0.945. The summed E-state index contributed by atoms with van der Waals surface area (Å²) < 4.78 is 40.3. The Hall–Kier alpha value is -1.77. The zero-order chi connectivity index (χ0) is 21.0. The van der Waals surface area contributed by atoms with Crippen molar-refractivity contribution in [2.45, 2.75) is 36.6 Å². The molecule has 1 heterocycles. The highest BCUT2D eigenvalue weighted by Crippen LogP contribution is 2.33. The molecule has 0 aliphatic carbocycles. The third-order valence-corrected chi connectivity index (χ3v) is 7.56. The molecule has 156 valence electrons. The molecule has 1 amide bonds. The van der Waals surface area contributed by atoms with Gasteiger partial charge in [0.1, 0.15) is 5.82 Å². The van der Waals surface area contributed by atoms with Crippen molar-refractivity contribution in [2.24, 2.45) is 0 Å². The molecule has 5 nitrogen and oxygen atoms in total. The number of benzene rings is 2. The highest BCUT2D eigenvalue weighted by Gasteiger charge is 2.30. The average molecular weight is 483 g/mol. The summed E-state index contributed by atoms with van der Waals surface area (Å²) in [6, 6.07) is 12.8. The van der Waals surface area contributed by atoms with Crippen molar-refractivity contribution in [3.8, 4) is 0 Å². The van der Waals surface area contributed by atoms with Gasteiger partial charge in [-0.25, -0.2) is 17.1 Å². The van der Waals surface area contributed by atoms with E-state index < -0.39 is 15.8 Å². The molecule has 2 aromatic carbocycles. The minimum atomic E-state index is -3.69. The van der Waals surface area contributed by atoms with Crippen LogP contribution in [-0.4, -0.2) is 43.7 Å². The zero-order valence-electron chi connectivity index (χ0n) is 16.2. The van der Waals surface area contributed by atoms with Crippen molar-refractivity contribution in [1.82, 2.24) is 9.21 Å². The Labute approximate surface area is 179 Å². The van der Waals surface area contributed by atoms with Gasteiger partial charge in [0.25, 0.3) is 0 Å². The molecule has 0 saturated carbocycles. The molecule has 1 saturated heterocycles. The fraction of sp³-hybridized carbons (Fsp3) is 0.381. The molecule has 0 radical (unpaired) electrons. The first-order chi connectivity index (χ1) is 13.8. The Morgan fingerprint density at radius 2 is 1.97 bits per heavy atom. The first-order valence-corrected chi connectivity index (χ1v) is 11.8. The molecule has 1 fully saturated rings. The first kappa shape index (κ1) is 21.9. The summed E-state index contributed by atoms with van der Waals surface area (Å²) in [6.07, 6.45) is 2.61. The summed E-state index contributed by atoms with van der Waals surface area (Å²) in [5, 5.41) is 0. The second kappa shape index (κ2) is 9.36. The van der Waals surface area contributed by atoms with E-state index in [1.165, 1.54) is 23.5 Å². The lowest BCUT2D eigenvalue weighted by atomic mass is 10.0. The number of carbonyl (C=O) groups excluding carboxylic acids is 1. The van der Waals surface area contributed by atoms with Crippen LogP contribution < -0.4 is 0 Å². The molecule has 0 N–H and O–H groups in total. The quantitative estimate of drug-likeness (QED) is 0.589. The van der Waals surface area contributed by atoms with E-state index in [0.29, 0.717) is 6.42 Å². The molecular formula is C21H24BrFN2O3S. The van der Waals surface area contributed by atoms with Crippen molar-refractivity contribution >= 4 is 31.9 Å². The van der Waals surface area contributed by atoms with Crippen LogP contribution >= 0.6 is 15.9 Å². The van der Waals surface area contributed by atoms with Crippen LogP contribution in [0.2, 0.25) is 0 Å². The lowest BCUT2D eigenvalue weighted by Gasteiger charge is -2.26. The highest BCUT2D eigenvalue weighted by molar-refractivity contribution is 9.10. The second-order valence-corrected chi connectivity index (χ2v) is 10.1. The van der Waals surface area contributed by atoms with Gasteiger partial charge >= 0.3 is 0 Å². The predicted molar refractivity (Wildman–Crippen MR) is 113 cm³/mol. The van der Waals surface area contributed by atoms with E-state index >= 15 is 0 Å². The Balaban J connectivity index is 1.57. The number of sulfonamides is 1. The lowest BCUT2D eigenvalue weighted by Crippen LogP contribution is -2.32. The van der Waals surface area contributed by atoms with Gasteiger partial charge in [0.15, 0.2) is 0 Å². The summed E-state index contributed by atoms with van der Waals surface area (Å²) in [4.78, 5) is 14.7. The number of halogens is 2. The maximum atomic E-state index is 13.0. The van der Waals surface area contributed by atoms with E-state index in [1.54, 1.807) is 0 Å². The van der Waals surface area contributed by atoms with Crippen LogP contribution in [0.1, 0.15) is 37.3 Å². The smallest absolute Gasteiger partial charge is 0.242 e. The van der Waals surface area contributed by atoms with E-state index in [9.17, 15) is 17.6 Å². The Kier molecular flexibility index (Phi) is 7.08. The Morgan fingerprint density at radius 3 is 2.66 bits per heavy atom. The molecule has 1 aliphatic heterocycles. The van der Waals surface area contributed by atoms with E-state index in [0.717, 1.165) is 41.6 Å². The van der Waals surface area contributed by atoms with Crippen molar-refractivity contribution in [2.75, 3.05) is 20.1 Å². The first-order valence-electron chi connectivity index (χ1n) is 9.56. The van der Waals surface area contributed by atoms with Gasteiger partial charge in [-0.3, -0.25) is 4.79 Å². The number of likely N-dealkylation sites (tertiary alicyclic amines) is 1. The van der Waals surface area contributed by atoms with Crippen LogP contribution in [0.3, 0.4) is 0 Å². The van der Waals surface area contributed by atoms with Crippen LogP contribution in [0.5, 0.6) is 0 Å². The van der Waals surface area contributed by atoms with Gasteiger partial charge in [-0.05, 0) is 61.2 Å². The van der Waals surface area contributed by atoms with E-state index in [-0.39, 0.29) is 29.8 Å². The van der Waals surface area contributed by atoms with E-state index in [2.05, 4.69) is 15.9 Å². The molecule has 0 aromatic heterocycles. The number of carbonyl (C=O) groups is 1. The van der Waals surface area contributed by atoms with Crippen LogP contribution in [0, 0.1) is 5.82 Å². The normalized spacial score (nSPS) is 17.1. The number of rotatable bonds is 7. The third kappa shape index (κ3) is 5.24.